The number of nitrogens with zero attached hydrogens (tertiary/aromatic N) is 2. The third-order valence-electron chi connectivity index (χ3n) is 3.72. The fourth-order valence-electron chi connectivity index (χ4n) is 2.45. The first-order valence-corrected chi connectivity index (χ1v) is 6.71. The van der Waals surface area contributed by atoms with E-state index in [0.717, 1.165) is 21.0 Å². The van der Waals surface area contributed by atoms with Gasteiger partial charge in [-0.25, -0.2) is 0 Å². The van der Waals surface area contributed by atoms with Gasteiger partial charge in [0.15, 0.2) is 0 Å². The predicted molar refractivity (Wildman–Crippen MR) is 72.0 cm³/mol. The van der Waals surface area contributed by atoms with Gasteiger partial charge in [0, 0.05) is 27.6 Å². The molecule has 0 unspecified atom stereocenters. The molecule has 17 heavy (non-hydrogen) atoms. The molecule has 0 spiro atoms. The highest BCUT2D eigenvalue weighted by Crippen LogP contribution is 2.38. The van der Waals surface area contributed by atoms with Gasteiger partial charge in [-0.2, -0.15) is 5.26 Å². The number of nitriles is 1. The second-order valence-electron chi connectivity index (χ2n) is 4.77. The van der Waals surface area contributed by atoms with E-state index in [2.05, 4.69) is 38.8 Å². The van der Waals surface area contributed by atoms with Crippen molar-refractivity contribution in [1.29, 1.82) is 5.26 Å². The van der Waals surface area contributed by atoms with E-state index in [9.17, 15) is 0 Å². The van der Waals surface area contributed by atoms with Gasteiger partial charge >= 0.3 is 0 Å². The SMILES string of the molecule is Cc1cc2c(cc1C#N)c(Br)cn2C1CCC1. The largest absolute Gasteiger partial charge is 0.343 e. The lowest BCUT2D eigenvalue weighted by Crippen LogP contribution is -2.15. The zero-order chi connectivity index (χ0) is 12.0. The average Bonchev–Trinajstić information content (AvgIpc) is 2.52. The fraction of sp³-hybridized carbons (Fsp3) is 0.357. The number of benzene rings is 1. The summed E-state index contributed by atoms with van der Waals surface area (Å²) in [5.74, 6) is 0. The molecule has 2 aromatic rings. The Bertz CT molecular complexity index is 630. The van der Waals surface area contributed by atoms with Crippen molar-refractivity contribution in [3.8, 4) is 6.07 Å². The summed E-state index contributed by atoms with van der Waals surface area (Å²) < 4.78 is 3.45. The van der Waals surface area contributed by atoms with Crippen LogP contribution in [-0.4, -0.2) is 4.57 Å². The van der Waals surface area contributed by atoms with E-state index in [-0.39, 0.29) is 0 Å². The van der Waals surface area contributed by atoms with Crippen molar-refractivity contribution in [3.63, 3.8) is 0 Å². The first-order valence-electron chi connectivity index (χ1n) is 5.91. The van der Waals surface area contributed by atoms with Gasteiger partial charge in [0.2, 0.25) is 0 Å². The number of hydrogen-bond donors (Lipinski definition) is 0. The lowest BCUT2D eigenvalue weighted by atomic mass is 9.93. The molecule has 0 bridgehead atoms. The van der Waals surface area contributed by atoms with Crippen molar-refractivity contribution in [2.75, 3.05) is 0 Å². The number of aromatic nitrogens is 1. The zero-order valence-corrected chi connectivity index (χ0v) is 11.3. The van der Waals surface area contributed by atoms with Crippen LogP contribution in [0, 0.1) is 18.3 Å². The number of rotatable bonds is 1. The number of fused-ring (bicyclic) bond motifs is 1. The van der Waals surface area contributed by atoms with E-state index in [4.69, 9.17) is 5.26 Å². The first kappa shape index (κ1) is 10.9. The van der Waals surface area contributed by atoms with Crippen molar-refractivity contribution in [1.82, 2.24) is 4.57 Å². The molecule has 2 nitrogen and oxygen atoms in total. The van der Waals surface area contributed by atoms with E-state index in [0.29, 0.717) is 6.04 Å². The topological polar surface area (TPSA) is 28.7 Å². The molecule has 1 aliphatic carbocycles. The summed E-state index contributed by atoms with van der Waals surface area (Å²) in [6.45, 7) is 2.00. The van der Waals surface area contributed by atoms with Crippen LogP contribution in [0.3, 0.4) is 0 Å². The quantitative estimate of drug-likeness (QED) is 0.769. The van der Waals surface area contributed by atoms with Crippen LogP contribution in [0.5, 0.6) is 0 Å². The molecule has 1 aromatic heterocycles. The molecule has 1 fully saturated rings. The summed E-state index contributed by atoms with van der Waals surface area (Å²) in [6, 6.07) is 7.03. The monoisotopic (exact) mass is 288 g/mol. The molecular formula is C14H13BrN2. The molecule has 0 aliphatic heterocycles. The Balaban J connectivity index is 2.26. The number of hydrogen-bond acceptors (Lipinski definition) is 1. The standard InChI is InChI=1S/C14H13BrN2/c1-9-5-14-12(6-10(9)7-16)13(15)8-17(14)11-3-2-4-11/h5-6,8,11H,2-4H2,1H3. The maximum atomic E-state index is 9.07. The van der Waals surface area contributed by atoms with Gasteiger partial charge in [0.1, 0.15) is 0 Å². The van der Waals surface area contributed by atoms with Gasteiger partial charge < -0.3 is 4.57 Å². The Hall–Kier alpha value is -1.27. The zero-order valence-electron chi connectivity index (χ0n) is 9.70. The molecule has 1 saturated carbocycles. The summed E-state index contributed by atoms with van der Waals surface area (Å²) in [7, 11) is 0. The molecule has 1 aromatic carbocycles. The lowest BCUT2D eigenvalue weighted by molar-refractivity contribution is 0.321. The second-order valence-corrected chi connectivity index (χ2v) is 5.62. The van der Waals surface area contributed by atoms with E-state index in [1.807, 2.05) is 13.0 Å². The van der Waals surface area contributed by atoms with Crippen LogP contribution in [0.15, 0.2) is 22.8 Å². The van der Waals surface area contributed by atoms with Crippen molar-refractivity contribution in [2.24, 2.45) is 0 Å². The Kier molecular flexibility index (Phi) is 2.48. The lowest BCUT2D eigenvalue weighted by Gasteiger charge is -2.28. The van der Waals surface area contributed by atoms with Gasteiger partial charge in [-0.1, -0.05) is 0 Å². The minimum absolute atomic E-state index is 0.649. The highest BCUT2D eigenvalue weighted by Gasteiger charge is 2.22. The molecule has 3 heteroatoms. The van der Waals surface area contributed by atoms with Crippen LogP contribution in [0.4, 0.5) is 0 Å². The van der Waals surface area contributed by atoms with Crippen LogP contribution < -0.4 is 0 Å². The summed E-state index contributed by atoms with van der Waals surface area (Å²) in [4.78, 5) is 0. The molecular weight excluding hydrogens is 276 g/mol. The molecule has 0 radical (unpaired) electrons. The Labute approximate surface area is 109 Å². The maximum absolute atomic E-state index is 9.07. The third kappa shape index (κ3) is 1.59. The van der Waals surface area contributed by atoms with Crippen molar-refractivity contribution >= 4 is 26.8 Å². The Morgan fingerprint density at radius 1 is 1.41 bits per heavy atom. The fourth-order valence-corrected chi connectivity index (χ4v) is 2.98. The minimum atomic E-state index is 0.649. The molecule has 0 N–H and O–H groups in total. The summed E-state index contributed by atoms with van der Waals surface area (Å²) in [5.41, 5.74) is 3.08. The van der Waals surface area contributed by atoms with Gasteiger partial charge in [0.25, 0.3) is 0 Å². The third-order valence-corrected chi connectivity index (χ3v) is 4.35. The maximum Gasteiger partial charge on any atom is 0.0994 e. The molecule has 0 amide bonds. The summed E-state index contributed by atoms with van der Waals surface area (Å²) >= 11 is 3.60. The van der Waals surface area contributed by atoms with Crippen molar-refractivity contribution in [2.45, 2.75) is 32.2 Å². The van der Waals surface area contributed by atoms with E-state index < -0.39 is 0 Å². The van der Waals surface area contributed by atoms with Gasteiger partial charge in [-0.3, -0.25) is 0 Å². The first-order chi connectivity index (χ1) is 8.20. The number of aryl methyl sites for hydroxylation is 1. The van der Waals surface area contributed by atoms with Gasteiger partial charge in [-0.15, -0.1) is 0 Å². The van der Waals surface area contributed by atoms with Gasteiger partial charge in [0.05, 0.1) is 11.6 Å². The average molecular weight is 289 g/mol. The minimum Gasteiger partial charge on any atom is -0.343 e. The van der Waals surface area contributed by atoms with E-state index in [1.54, 1.807) is 0 Å². The molecule has 0 saturated heterocycles. The van der Waals surface area contributed by atoms with Crippen LogP contribution in [0.2, 0.25) is 0 Å². The smallest absolute Gasteiger partial charge is 0.0994 e. The van der Waals surface area contributed by atoms with Gasteiger partial charge in [-0.05, 0) is 59.8 Å². The van der Waals surface area contributed by atoms with Crippen molar-refractivity contribution < 1.29 is 0 Å². The summed E-state index contributed by atoms with van der Waals surface area (Å²) in [6.07, 6.45) is 6.04. The highest BCUT2D eigenvalue weighted by molar-refractivity contribution is 9.10. The Morgan fingerprint density at radius 3 is 2.76 bits per heavy atom. The molecule has 3 rings (SSSR count). The molecule has 1 heterocycles. The molecule has 0 atom stereocenters. The Morgan fingerprint density at radius 2 is 2.18 bits per heavy atom. The van der Waals surface area contributed by atoms with Crippen LogP contribution >= 0.6 is 15.9 Å². The highest BCUT2D eigenvalue weighted by atomic mass is 79.9. The number of halogens is 1. The molecule has 86 valence electrons. The van der Waals surface area contributed by atoms with E-state index in [1.165, 1.54) is 24.8 Å². The summed E-state index contributed by atoms with van der Waals surface area (Å²) in [5, 5.41) is 10.2. The second kappa shape index (κ2) is 3.89. The molecule has 1 aliphatic rings. The predicted octanol–water partition coefficient (Wildman–Crippen LogP) is 4.31. The van der Waals surface area contributed by atoms with Crippen LogP contribution in [0.1, 0.15) is 36.4 Å². The van der Waals surface area contributed by atoms with Crippen LogP contribution in [0.25, 0.3) is 10.9 Å². The normalized spacial score (nSPS) is 15.8. The van der Waals surface area contributed by atoms with E-state index >= 15 is 0 Å². The van der Waals surface area contributed by atoms with Crippen molar-refractivity contribution in [3.05, 3.63) is 33.9 Å². The van der Waals surface area contributed by atoms with Crippen LogP contribution in [-0.2, 0) is 0 Å².